The third kappa shape index (κ3) is 25.1. The van der Waals surface area contributed by atoms with Gasteiger partial charge in [0.05, 0.1) is 13.2 Å². The van der Waals surface area contributed by atoms with Crippen molar-refractivity contribution in [3.8, 4) is 0 Å². The molecule has 2 unspecified atom stereocenters. The van der Waals surface area contributed by atoms with Crippen LogP contribution in [0.3, 0.4) is 0 Å². The van der Waals surface area contributed by atoms with Crippen LogP contribution in [0.4, 0.5) is 0 Å². The molecule has 15 heavy (non-hydrogen) atoms. The molecule has 0 radical (unpaired) electrons. The summed E-state index contributed by atoms with van der Waals surface area (Å²) in [5, 5.41) is 16.1. The van der Waals surface area contributed by atoms with Crippen LogP contribution in [0.1, 0.15) is 26.7 Å². The first-order chi connectivity index (χ1) is 7.04. The van der Waals surface area contributed by atoms with E-state index in [2.05, 4.69) is 39.1 Å². The van der Waals surface area contributed by atoms with Crippen LogP contribution in [-0.2, 0) is 4.74 Å². The number of aliphatic hydroxyl groups is 2. The topological polar surface area (TPSA) is 49.7 Å². The van der Waals surface area contributed by atoms with E-state index >= 15 is 0 Å². The zero-order valence-electron chi connectivity index (χ0n) is 9.59. The second kappa shape index (κ2) is 14.6. The summed E-state index contributed by atoms with van der Waals surface area (Å²) in [5.41, 5.74) is 0. The maximum absolute atomic E-state index is 7.62. The van der Waals surface area contributed by atoms with Crippen molar-refractivity contribution in [1.29, 1.82) is 0 Å². The minimum absolute atomic E-state index is 0.125. The first-order valence-corrected chi connectivity index (χ1v) is 6.23. The van der Waals surface area contributed by atoms with Gasteiger partial charge in [0.25, 0.3) is 0 Å². The van der Waals surface area contributed by atoms with Crippen LogP contribution in [0, 0.1) is 0 Å². The predicted molar refractivity (Wildman–Crippen MR) is 71.1 cm³/mol. The second-order valence-electron chi connectivity index (χ2n) is 3.33. The van der Waals surface area contributed by atoms with Crippen molar-refractivity contribution in [2.45, 2.75) is 37.2 Å². The Morgan fingerprint density at radius 2 is 1.27 bits per heavy atom. The van der Waals surface area contributed by atoms with Gasteiger partial charge in [-0.2, -0.15) is 25.3 Å². The molecule has 0 aliphatic carbocycles. The number of ether oxygens (including phenoxy) is 1. The standard InChI is InChI=1S/C8H18OS2.C2H6O2/c1-7(10)3-5-9-6-4-8(2)11;3-1-2-4/h7-8,10-11H,3-6H2,1-2H3;3-4H,1-2H2. The molecule has 3 nitrogen and oxygen atoms in total. The maximum Gasteiger partial charge on any atom is 0.0662 e. The summed E-state index contributed by atoms with van der Waals surface area (Å²) in [6.07, 6.45) is 2.06. The van der Waals surface area contributed by atoms with E-state index < -0.39 is 0 Å². The molecular weight excluding hydrogens is 232 g/mol. The Hall–Kier alpha value is 0.580. The first-order valence-electron chi connectivity index (χ1n) is 5.20. The van der Waals surface area contributed by atoms with Crippen LogP contribution < -0.4 is 0 Å². The van der Waals surface area contributed by atoms with E-state index in [1.54, 1.807) is 0 Å². The minimum Gasteiger partial charge on any atom is -0.394 e. The molecular formula is C10H24O3S2. The number of hydrogen-bond donors (Lipinski definition) is 4. The van der Waals surface area contributed by atoms with Crippen LogP contribution in [0.2, 0.25) is 0 Å². The molecule has 0 aliphatic rings. The third-order valence-electron chi connectivity index (χ3n) is 1.46. The molecule has 0 rings (SSSR count). The molecule has 0 saturated heterocycles. The van der Waals surface area contributed by atoms with Crippen molar-refractivity contribution in [2.75, 3.05) is 26.4 Å². The van der Waals surface area contributed by atoms with Gasteiger partial charge in [0.15, 0.2) is 0 Å². The Morgan fingerprint density at radius 3 is 1.47 bits per heavy atom. The quantitative estimate of drug-likeness (QED) is 0.411. The molecule has 0 aromatic rings. The average molecular weight is 256 g/mol. The maximum atomic E-state index is 7.62. The van der Waals surface area contributed by atoms with Gasteiger partial charge < -0.3 is 14.9 Å². The van der Waals surface area contributed by atoms with E-state index in [0.29, 0.717) is 10.5 Å². The van der Waals surface area contributed by atoms with Gasteiger partial charge in [0.1, 0.15) is 0 Å². The number of thiol groups is 2. The van der Waals surface area contributed by atoms with E-state index in [1.165, 1.54) is 0 Å². The van der Waals surface area contributed by atoms with E-state index in [-0.39, 0.29) is 13.2 Å². The molecule has 0 aromatic heterocycles. The van der Waals surface area contributed by atoms with Gasteiger partial charge >= 0.3 is 0 Å². The molecule has 5 heteroatoms. The Morgan fingerprint density at radius 1 is 0.933 bits per heavy atom. The van der Waals surface area contributed by atoms with Crippen LogP contribution in [-0.4, -0.2) is 47.1 Å². The SMILES string of the molecule is CC(S)CCOCCC(C)S.OCCO. The fourth-order valence-electron chi connectivity index (χ4n) is 0.610. The lowest BCUT2D eigenvalue weighted by Gasteiger charge is -2.06. The van der Waals surface area contributed by atoms with Crippen molar-refractivity contribution >= 4 is 25.3 Å². The van der Waals surface area contributed by atoms with Gasteiger partial charge in [-0.05, 0) is 12.8 Å². The molecule has 0 aromatic carbocycles. The van der Waals surface area contributed by atoms with Crippen molar-refractivity contribution < 1.29 is 14.9 Å². The molecule has 0 spiro atoms. The Labute approximate surface area is 104 Å². The zero-order valence-corrected chi connectivity index (χ0v) is 11.4. The fourth-order valence-corrected chi connectivity index (χ4v) is 0.821. The Bertz CT molecular complexity index is 98.8. The van der Waals surface area contributed by atoms with Gasteiger partial charge in [-0.3, -0.25) is 0 Å². The van der Waals surface area contributed by atoms with Crippen LogP contribution >= 0.6 is 25.3 Å². The summed E-state index contributed by atoms with van der Waals surface area (Å²) in [4.78, 5) is 0. The van der Waals surface area contributed by atoms with E-state index in [1.807, 2.05) is 0 Å². The summed E-state index contributed by atoms with van der Waals surface area (Å²) < 4.78 is 5.36. The smallest absolute Gasteiger partial charge is 0.0662 e. The summed E-state index contributed by atoms with van der Waals surface area (Å²) in [6.45, 7) is 5.55. The summed E-state index contributed by atoms with van der Waals surface area (Å²) in [7, 11) is 0. The van der Waals surface area contributed by atoms with Gasteiger partial charge in [-0.1, -0.05) is 13.8 Å². The summed E-state index contributed by atoms with van der Waals surface area (Å²) in [6, 6.07) is 0. The van der Waals surface area contributed by atoms with Gasteiger partial charge in [0.2, 0.25) is 0 Å². The fraction of sp³-hybridized carbons (Fsp3) is 1.00. The zero-order chi connectivity index (χ0) is 12.1. The largest absolute Gasteiger partial charge is 0.394 e. The van der Waals surface area contributed by atoms with Crippen molar-refractivity contribution in [3.05, 3.63) is 0 Å². The molecule has 2 atom stereocenters. The molecule has 2 N–H and O–H groups in total. The molecule has 0 heterocycles. The minimum atomic E-state index is -0.125. The predicted octanol–water partition coefficient (Wildman–Crippen LogP) is 1.39. The highest BCUT2D eigenvalue weighted by molar-refractivity contribution is 7.81. The highest BCUT2D eigenvalue weighted by atomic mass is 32.1. The summed E-state index contributed by atoms with van der Waals surface area (Å²) in [5.74, 6) is 0. The van der Waals surface area contributed by atoms with E-state index in [0.717, 1.165) is 26.1 Å². The summed E-state index contributed by atoms with van der Waals surface area (Å²) >= 11 is 8.49. The Balaban J connectivity index is 0. The number of aliphatic hydroxyl groups excluding tert-OH is 2. The van der Waals surface area contributed by atoms with Crippen LogP contribution in [0.5, 0.6) is 0 Å². The van der Waals surface area contributed by atoms with E-state index in [9.17, 15) is 0 Å². The highest BCUT2D eigenvalue weighted by Crippen LogP contribution is 2.02. The molecule has 0 amide bonds. The molecule has 0 bridgehead atoms. The molecule has 94 valence electrons. The van der Waals surface area contributed by atoms with Gasteiger partial charge in [-0.25, -0.2) is 0 Å². The number of hydrogen-bond acceptors (Lipinski definition) is 5. The lowest BCUT2D eigenvalue weighted by atomic mass is 10.3. The van der Waals surface area contributed by atoms with Crippen molar-refractivity contribution in [2.24, 2.45) is 0 Å². The van der Waals surface area contributed by atoms with Gasteiger partial charge in [0, 0.05) is 23.7 Å². The third-order valence-corrected chi connectivity index (χ3v) is 1.98. The van der Waals surface area contributed by atoms with Crippen LogP contribution in [0.25, 0.3) is 0 Å². The normalized spacial score (nSPS) is 14.0. The second-order valence-corrected chi connectivity index (χ2v) is 5.10. The van der Waals surface area contributed by atoms with Crippen molar-refractivity contribution in [1.82, 2.24) is 0 Å². The lowest BCUT2D eigenvalue weighted by Crippen LogP contribution is -2.05. The van der Waals surface area contributed by atoms with Gasteiger partial charge in [-0.15, -0.1) is 0 Å². The molecule has 0 saturated carbocycles. The highest BCUT2D eigenvalue weighted by Gasteiger charge is 1.96. The van der Waals surface area contributed by atoms with Crippen LogP contribution in [0.15, 0.2) is 0 Å². The average Bonchev–Trinajstić information content (AvgIpc) is 2.17. The van der Waals surface area contributed by atoms with E-state index in [4.69, 9.17) is 14.9 Å². The molecule has 0 aliphatic heterocycles. The van der Waals surface area contributed by atoms with Crippen molar-refractivity contribution in [3.63, 3.8) is 0 Å². The monoisotopic (exact) mass is 256 g/mol. The number of rotatable bonds is 7. The Kier molecular flexibility index (Phi) is 17.5. The molecule has 0 fully saturated rings. The lowest BCUT2D eigenvalue weighted by molar-refractivity contribution is 0.130. The first kappa shape index (κ1) is 18.0.